The molecule has 9 nitrogen and oxygen atoms in total. The average Bonchev–Trinajstić information content (AvgIpc) is 2.72. The second kappa shape index (κ2) is 9.91. The van der Waals surface area contributed by atoms with Crippen molar-refractivity contribution in [3.8, 4) is 5.75 Å². The van der Waals surface area contributed by atoms with Crippen LogP contribution in [-0.4, -0.2) is 37.5 Å². The number of aryl methyl sites for hydroxylation is 1. The highest BCUT2D eigenvalue weighted by atomic mass is 16.5. The zero-order valence-electron chi connectivity index (χ0n) is 17.4. The van der Waals surface area contributed by atoms with Gasteiger partial charge in [-0.25, -0.2) is 4.79 Å². The molecule has 30 heavy (non-hydrogen) atoms. The maximum atomic E-state index is 12.3. The minimum Gasteiger partial charge on any atom is -0.548 e. The third-order valence-electron chi connectivity index (χ3n) is 5.06. The Morgan fingerprint density at radius 3 is 2.53 bits per heavy atom. The standard InChI is InChI=1S/C21H26N2O7/c1-5-11(2)19(20(26)27)23-18(25)10-22-17(24)9-15-12(3)14-7-6-13(29-4)8-16(14)30-21(15)28/h6-8,11,19H,5,9-10H2,1-4H3,(H,22,24)(H,23,25)(H,26,27)/p-1/t11-,19+/m1/s1. The predicted molar refractivity (Wildman–Crippen MR) is 107 cm³/mol. The van der Waals surface area contributed by atoms with Gasteiger partial charge in [0.15, 0.2) is 0 Å². The number of carboxylic acid groups (broad SMARTS) is 1. The van der Waals surface area contributed by atoms with Crippen LogP contribution in [0.1, 0.15) is 31.4 Å². The van der Waals surface area contributed by atoms with E-state index in [4.69, 9.17) is 9.15 Å². The number of carbonyl (C=O) groups is 3. The van der Waals surface area contributed by atoms with Crippen LogP contribution in [0.2, 0.25) is 0 Å². The molecule has 0 aliphatic rings. The van der Waals surface area contributed by atoms with Gasteiger partial charge in [0.25, 0.3) is 0 Å². The number of carbonyl (C=O) groups excluding carboxylic acids is 3. The number of aliphatic carboxylic acids is 1. The van der Waals surface area contributed by atoms with Gasteiger partial charge in [-0.1, -0.05) is 20.3 Å². The molecule has 2 aromatic rings. The normalized spacial score (nSPS) is 12.8. The molecule has 0 aliphatic carbocycles. The molecule has 2 amide bonds. The minimum atomic E-state index is -1.38. The Balaban J connectivity index is 2.06. The number of hydrogen-bond acceptors (Lipinski definition) is 7. The summed E-state index contributed by atoms with van der Waals surface area (Å²) in [6, 6.07) is 3.89. The van der Waals surface area contributed by atoms with E-state index >= 15 is 0 Å². The molecule has 1 aromatic carbocycles. The van der Waals surface area contributed by atoms with Crippen molar-refractivity contribution in [2.24, 2.45) is 5.92 Å². The highest BCUT2D eigenvalue weighted by molar-refractivity contribution is 5.89. The summed E-state index contributed by atoms with van der Waals surface area (Å²) in [6.07, 6.45) is 0.257. The number of nitrogens with one attached hydrogen (secondary N) is 2. The van der Waals surface area contributed by atoms with Crippen molar-refractivity contribution in [1.29, 1.82) is 0 Å². The molecule has 0 saturated carbocycles. The van der Waals surface area contributed by atoms with E-state index in [-0.39, 0.29) is 17.9 Å². The molecular formula is C21H25N2O7-. The molecule has 0 saturated heterocycles. The molecule has 0 spiro atoms. The SMILES string of the molecule is CC[C@@H](C)[C@H](NC(=O)CNC(=O)Cc1c(C)c2ccc(OC)cc2oc1=O)C(=O)[O-]. The van der Waals surface area contributed by atoms with Gasteiger partial charge in [-0.05, 0) is 30.5 Å². The molecule has 0 radical (unpaired) electrons. The lowest BCUT2D eigenvalue weighted by Crippen LogP contribution is -2.53. The lowest BCUT2D eigenvalue weighted by molar-refractivity contribution is -0.309. The number of carboxylic acids is 1. The second-order valence-corrected chi connectivity index (χ2v) is 7.06. The summed E-state index contributed by atoms with van der Waals surface area (Å²) in [7, 11) is 1.50. The van der Waals surface area contributed by atoms with Gasteiger partial charge in [-0.2, -0.15) is 0 Å². The summed E-state index contributed by atoms with van der Waals surface area (Å²) < 4.78 is 10.4. The highest BCUT2D eigenvalue weighted by Crippen LogP contribution is 2.24. The van der Waals surface area contributed by atoms with Gasteiger partial charge in [0.1, 0.15) is 11.3 Å². The van der Waals surface area contributed by atoms with Gasteiger partial charge >= 0.3 is 5.63 Å². The molecule has 0 fully saturated rings. The van der Waals surface area contributed by atoms with E-state index in [0.717, 1.165) is 0 Å². The Labute approximate surface area is 173 Å². The molecule has 1 aromatic heterocycles. The largest absolute Gasteiger partial charge is 0.548 e. The number of methoxy groups -OCH3 is 1. The van der Waals surface area contributed by atoms with Crippen LogP contribution in [0, 0.1) is 12.8 Å². The van der Waals surface area contributed by atoms with E-state index in [1.807, 2.05) is 0 Å². The summed E-state index contributed by atoms with van der Waals surface area (Å²) in [5.41, 5.74) is 0.468. The van der Waals surface area contributed by atoms with Crippen LogP contribution in [0.3, 0.4) is 0 Å². The zero-order chi connectivity index (χ0) is 22.4. The van der Waals surface area contributed by atoms with Crippen LogP contribution >= 0.6 is 0 Å². The van der Waals surface area contributed by atoms with E-state index in [2.05, 4.69) is 10.6 Å². The van der Waals surface area contributed by atoms with Crippen molar-refractivity contribution in [3.63, 3.8) is 0 Å². The topological polar surface area (TPSA) is 138 Å². The highest BCUT2D eigenvalue weighted by Gasteiger charge is 2.20. The van der Waals surface area contributed by atoms with Gasteiger partial charge in [0, 0.05) is 11.5 Å². The van der Waals surface area contributed by atoms with Crippen molar-refractivity contribution in [3.05, 3.63) is 39.7 Å². The van der Waals surface area contributed by atoms with Gasteiger partial charge in [0.05, 0.1) is 37.6 Å². The monoisotopic (exact) mass is 417 g/mol. The fourth-order valence-electron chi connectivity index (χ4n) is 3.00. The minimum absolute atomic E-state index is 0.179. The van der Waals surface area contributed by atoms with Gasteiger partial charge in [0.2, 0.25) is 11.8 Å². The third kappa shape index (κ3) is 5.37. The zero-order valence-corrected chi connectivity index (χ0v) is 17.4. The molecule has 162 valence electrons. The van der Waals surface area contributed by atoms with Crippen LogP contribution in [-0.2, 0) is 20.8 Å². The van der Waals surface area contributed by atoms with Crippen LogP contribution < -0.4 is 26.1 Å². The lowest BCUT2D eigenvalue weighted by Gasteiger charge is -2.25. The first kappa shape index (κ1) is 22.9. The van der Waals surface area contributed by atoms with E-state index in [1.165, 1.54) is 7.11 Å². The molecule has 1 heterocycles. The average molecular weight is 417 g/mol. The summed E-state index contributed by atoms with van der Waals surface area (Å²) in [6.45, 7) is 4.75. The Bertz CT molecular complexity index is 1010. The van der Waals surface area contributed by atoms with Crippen LogP contribution in [0.4, 0.5) is 0 Å². The summed E-state index contributed by atoms with van der Waals surface area (Å²) in [5.74, 6) is -2.40. The smallest absolute Gasteiger partial charge is 0.340 e. The Kier molecular flexibility index (Phi) is 7.57. The molecule has 2 atom stereocenters. The molecule has 2 rings (SSSR count). The molecule has 0 bridgehead atoms. The number of ether oxygens (including phenoxy) is 1. The second-order valence-electron chi connectivity index (χ2n) is 7.06. The van der Waals surface area contributed by atoms with E-state index in [9.17, 15) is 24.3 Å². The van der Waals surface area contributed by atoms with Crippen molar-refractivity contribution in [2.75, 3.05) is 13.7 Å². The predicted octanol–water partition coefficient (Wildman–Crippen LogP) is 0.0495. The van der Waals surface area contributed by atoms with E-state index < -0.39 is 36.0 Å². The van der Waals surface area contributed by atoms with Crippen LogP contribution in [0.25, 0.3) is 11.0 Å². The molecule has 0 aliphatic heterocycles. The van der Waals surface area contributed by atoms with Crippen molar-refractivity contribution >= 4 is 28.8 Å². The maximum absolute atomic E-state index is 12.3. The summed E-state index contributed by atoms with van der Waals surface area (Å²) in [4.78, 5) is 47.7. The Morgan fingerprint density at radius 2 is 1.93 bits per heavy atom. The fourth-order valence-corrected chi connectivity index (χ4v) is 3.00. The van der Waals surface area contributed by atoms with E-state index in [0.29, 0.717) is 28.7 Å². The van der Waals surface area contributed by atoms with Gasteiger partial charge in [-0.15, -0.1) is 0 Å². The summed E-state index contributed by atoms with van der Waals surface area (Å²) >= 11 is 0. The fraction of sp³-hybridized carbons (Fsp3) is 0.429. The molecular weight excluding hydrogens is 392 g/mol. The number of rotatable bonds is 9. The first-order valence-electron chi connectivity index (χ1n) is 9.55. The van der Waals surface area contributed by atoms with Crippen LogP contribution in [0.15, 0.2) is 27.4 Å². The molecule has 2 N–H and O–H groups in total. The van der Waals surface area contributed by atoms with Crippen molar-refractivity contribution < 1.29 is 28.6 Å². The Hall–Kier alpha value is -3.36. The number of hydrogen-bond donors (Lipinski definition) is 2. The van der Waals surface area contributed by atoms with E-state index in [1.54, 1.807) is 39.0 Å². The number of fused-ring (bicyclic) bond motifs is 1. The van der Waals surface area contributed by atoms with Crippen molar-refractivity contribution in [2.45, 2.75) is 39.7 Å². The first-order chi connectivity index (χ1) is 14.2. The molecule has 9 heteroatoms. The third-order valence-corrected chi connectivity index (χ3v) is 5.06. The maximum Gasteiger partial charge on any atom is 0.340 e. The Morgan fingerprint density at radius 1 is 1.23 bits per heavy atom. The van der Waals surface area contributed by atoms with Crippen molar-refractivity contribution in [1.82, 2.24) is 10.6 Å². The van der Waals surface area contributed by atoms with Gasteiger partial charge in [-0.3, -0.25) is 9.59 Å². The molecule has 0 unspecified atom stereocenters. The quantitative estimate of drug-likeness (QED) is 0.550. The summed E-state index contributed by atoms with van der Waals surface area (Å²) in [5, 5.41) is 16.6. The lowest BCUT2D eigenvalue weighted by atomic mass is 9.99. The first-order valence-corrected chi connectivity index (χ1v) is 9.55. The number of amides is 2. The number of benzene rings is 1. The van der Waals surface area contributed by atoms with Gasteiger partial charge < -0.3 is 29.7 Å². The van der Waals surface area contributed by atoms with Crippen LogP contribution in [0.5, 0.6) is 5.75 Å².